The van der Waals surface area contributed by atoms with Gasteiger partial charge in [0.05, 0.1) is 5.60 Å². The first kappa shape index (κ1) is 8.40. The lowest BCUT2D eigenvalue weighted by molar-refractivity contribution is 0.0898. The van der Waals surface area contributed by atoms with Crippen LogP contribution >= 0.6 is 24.8 Å². The van der Waals surface area contributed by atoms with Crippen LogP contribution in [0.3, 0.4) is 0 Å². The van der Waals surface area contributed by atoms with Crippen LogP contribution in [0.1, 0.15) is 20.3 Å². The van der Waals surface area contributed by atoms with Gasteiger partial charge in [-0.15, -0.1) is 12.6 Å². The minimum atomic E-state index is -0.696. The van der Waals surface area contributed by atoms with Gasteiger partial charge in [0.25, 0.3) is 0 Å². The fourth-order valence-corrected chi connectivity index (χ4v) is 1.11. The average molecular weight is 150 g/mol. The van der Waals surface area contributed by atoms with E-state index in [4.69, 9.17) is 5.11 Å². The van der Waals surface area contributed by atoms with Gasteiger partial charge in [-0.25, -0.2) is 0 Å². The Hall–Kier alpha value is 0.400. The van der Waals surface area contributed by atoms with Crippen LogP contribution in [0.4, 0.5) is 0 Å². The minimum absolute atomic E-state index is 0.478. The molecule has 0 spiro atoms. The molecule has 0 aliphatic rings. The van der Waals surface area contributed by atoms with Crippen molar-refractivity contribution in [3.8, 4) is 0 Å². The van der Waals surface area contributed by atoms with Crippen molar-refractivity contribution in [1.82, 2.24) is 0 Å². The molecule has 0 bridgehead atoms. The molecule has 48 valence electrons. The van der Waals surface area contributed by atoms with Crippen LogP contribution in [0, 0.1) is 0 Å². The van der Waals surface area contributed by atoms with Crippen LogP contribution in [0.5, 0.6) is 0 Å². The SMILES string of the molecule is CC(C)(O)CC(=S)S. The predicted molar refractivity (Wildman–Crippen MR) is 42.5 cm³/mol. The maximum absolute atomic E-state index is 9.05. The molecule has 0 rings (SSSR count). The number of aliphatic hydroxyl groups is 1. The van der Waals surface area contributed by atoms with Crippen molar-refractivity contribution < 1.29 is 5.11 Å². The Balaban J connectivity index is 3.55. The van der Waals surface area contributed by atoms with Gasteiger partial charge in [0.2, 0.25) is 0 Å². The van der Waals surface area contributed by atoms with Crippen LogP contribution in [0.15, 0.2) is 0 Å². The molecule has 0 aliphatic carbocycles. The molecule has 0 radical (unpaired) electrons. The van der Waals surface area contributed by atoms with Gasteiger partial charge in [-0.2, -0.15) is 0 Å². The highest BCUT2D eigenvalue weighted by atomic mass is 32.1. The zero-order chi connectivity index (χ0) is 6.78. The third-order valence-electron chi connectivity index (χ3n) is 0.584. The molecular weight excluding hydrogens is 140 g/mol. The van der Waals surface area contributed by atoms with Gasteiger partial charge < -0.3 is 5.11 Å². The van der Waals surface area contributed by atoms with E-state index in [1.165, 1.54) is 0 Å². The topological polar surface area (TPSA) is 20.2 Å². The highest BCUT2D eigenvalue weighted by molar-refractivity contribution is 8.11. The van der Waals surface area contributed by atoms with Gasteiger partial charge in [0.15, 0.2) is 0 Å². The summed E-state index contributed by atoms with van der Waals surface area (Å²) >= 11 is 8.51. The second-order valence-corrected chi connectivity index (χ2v) is 3.72. The first-order valence-electron chi connectivity index (χ1n) is 2.36. The number of hydrogen-bond acceptors (Lipinski definition) is 2. The standard InChI is InChI=1S/C5H10OS2/c1-5(2,6)3-4(7)8/h6H,3H2,1-2H3,(H,7,8). The van der Waals surface area contributed by atoms with Crippen molar-refractivity contribution in [1.29, 1.82) is 0 Å². The minimum Gasteiger partial charge on any atom is -0.390 e. The van der Waals surface area contributed by atoms with Gasteiger partial charge >= 0.3 is 0 Å². The molecule has 8 heavy (non-hydrogen) atoms. The maximum Gasteiger partial charge on any atom is 0.0645 e. The van der Waals surface area contributed by atoms with Crippen molar-refractivity contribution in [3.63, 3.8) is 0 Å². The van der Waals surface area contributed by atoms with Gasteiger partial charge in [-0.1, -0.05) is 12.2 Å². The van der Waals surface area contributed by atoms with E-state index in [2.05, 4.69) is 24.8 Å². The Labute approximate surface area is 60.5 Å². The first-order chi connectivity index (χ1) is 3.42. The van der Waals surface area contributed by atoms with E-state index in [9.17, 15) is 0 Å². The Bertz CT molecular complexity index is 93.1. The molecule has 0 saturated carbocycles. The molecule has 0 saturated heterocycles. The van der Waals surface area contributed by atoms with Crippen LogP contribution < -0.4 is 0 Å². The fraction of sp³-hybridized carbons (Fsp3) is 0.800. The summed E-state index contributed by atoms with van der Waals surface area (Å²) in [7, 11) is 0. The third-order valence-corrected chi connectivity index (χ3v) is 0.886. The smallest absolute Gasteiger partial charge is 0.0645 e. The fourth-order valence-electron chi connectivity index (χ4n) is 0.370. The summed E-state index contributed by atoms with van der Waals surface area (Å²) in [5.41, 5.74) is -0.696. The molecule has 1 nitrogen and oxygen atoms in total. The Morgan fingerprint density at radius 2 is 2.12 bits per heavy atom. The predicted octanol–water partition coefficient (Wildman–Crippen LogP) is 1.40. The normalized spacial score (nSPS) is 11.5. The maximum atomic E-state index is 9.05. The van der Waals surface area contributed by atoms with Gasteiger partial charge in [-0.05, 0) is 13.8 Å². The van der Waals surface area contributed by atoms with Gasteiger partial charge in [-0.3, -0.25) is 0 Å². The van der Waals surface area contributed by atoms with Crippen LogP contribution in [0.2, 0.25) is 0 Å². The van der Waals surface area contributed by atoms with Gasteiger partial charge in [0, 0.05) is 10.6 Å². The van der Waals surface area contributed by atoms with E-state index in [1.54, 1.807) is 13.8 Å². The van der Waals surface area contributed by atoms with Crippen molar-refractivity contribution in [3.05, 3.63) is 0 Å². The summed E-state index contributed by atoms with van der Waals surface area (Å²) in [5, 5.41) is 9.05. The third kappa shape index (κ3) is 6.40. The number of thiocarbonyl (C=S) groups is 1. The summed E-state index contributed by atoms with van der Waals surface area (Å²) in [6.07, 6.45) is 0.478. The summed E-state index contributed by atoms with van der Waals surface area (Å²) in [6, 6.07) is 0. The van der Waals surface area contributed by atoms with Crippen LogP contribution in [-0.4, -0.2) is 14.9 Å². The summed E-state index contributed by atoms with van der Waals surface area (Å²) < 4.78 is 0.553. The zero-order valence-corrected chi connectivity index (χ0v) is 6.72. The molecule has 0 aliphatic heterocycles. The van der Waals surface area contributed by atoms with Crippen molar-refractivity contribution in [2.75, 3.05) is 0 Å². The number of rotatable bonds is 2. The molecule has 1 N–H and O–H groups in total. The molecule has 0 fully saturated rings. The van der Waals surface area contributed by atoms with E-state index >= 15 is 0 Å². The molecule has 0 aromatic heterocycles. The second-order valence-electron chi connectivity index (χ2n) is 2.38. The molecule has 0 atom stereocenters. The van der Waals surface area contributed by atoms with Crippen molar-refractivity contribution >= 4 is 29.0 Å². The van der Waals surface area contributed by atoms with Crippen molar-refractivity contribution in [2.24, 2.45) is 0 Å². The average Bonchev–Trinajstić information content (AvgIpc) is 1.21. The molecular formula is C5H10OS2. The van der Waals surface area contributed by atoms with E-state index in [0.29, 0.717) is 10.6 Å². The first-order valence-corrected chi connectivity index (χ1v) is 3.21. The summed E-state index contributed by atoms with van der Waals surface area (Å²) in [4.78, 5) is 0. The molecule has 0 unspecified atom stereocenters. The Morgan fingerprint density at radius 1 is 1.75 bits per heavy atom. The second kappa shape index (κ2) is 2.80. The summed E-state index contributed by atoms with van der Waals surface area (Å²) in [6.45, 7) is 3.41. The van der Waals surface area contributed by atoms with Crippen LogP contribution in [0.25, 0.3) is 0 Å². The molecule has 0 amide bonds. The lowest BCUT2D eigenvalue weighted by Crippen LogP contribution is -2.20. The summed E-state index contributed by atoms with van der Waals surface area (Å²) in [5.74, 6) is 0. The van der Waals surface area contributed by atoms with Crippen LogP contribution in [-0.2, 0) is 0 Å². The lowest BCUT2D eigenvalue weighted by atomic mass is 10.1. The van der Waals surface area contributed by atoms with E-state index in [0.717, 1.165) is 0 Å². The molecule has 0 aromatic carbocycles. The van der Waals surface area contributed by atoms with Crippen molar-refractivity contribution in [2.45, 2.75) is 25.9 Å². The molecule has 3 heteroatoms. The highest BCUT2D eigenvalue weighted by Gasteiger charge is 2.12. The number of thiol groups is 1. The number of hydrogen-bond donors (Lipinski definition) is 2. The lowest BCUT2D eigenvalue weighted by Gasteiger charge is -2.14. The zero-order valence-electron chi connectivity index (χ0n) is 5.01. The monoisotopic (exact) mass is 150 g/mol. The quantitative estimate of drug-likeness (QED) is 0.458. The molecule has 0 heterocycles. The Morgan fingerprint density at radius 3 is 2.12 bits per heavy atom. The van der Waals surface area contributed by atoms with E-state index < -0.39 is 5.60 Å². The highest BCUT2D eigenvalue weighted by Crippen LogP contribution is 2.09. The van der Waals surface area contributed by atoms with Gasteiger partial charge in [0.1, 0.15) is 0 Å². The molecule has 0 aromatic rings. The Kier molecular flexibility index (Phi) is 2.94. The van der Waals surface area contributed by atoms with E-state index in [-0.39, 0.29) is 0 Å². The van der Waals surface area contributed by atoms with E-state index in [1.807, 2.05) is 0 Å². The largest absolute Gasteiger partial charge is 0.390 e.